The number of carbonyl (C=O) groups excluding carboxylic acids is 2. The predicted molar refractivity (Wildman–Crippen MR) is 104 cm³/mol. The van der Waals surface area contributed by atoms with Crippen molar-refractivity contribution in [3.63, 3.8) is 0 Å². The van der Waals surface area contributed by atoms with Gasteiger partial charge in [0.1, 0.15) is 25.5 Å². The molecule has 0 atom stereocenters. The Kier molecular flexibility index (Phi) is 5.44. The van der Waals surface area contributed by atoms with Crippen LogP contribution in [-0.2, 0) is 14.3 Å². The van der Waals surface area contributed by atoms with Gasteiger partial charge in [-0.05, 0) is 80.5 Å². The van der Waals surface area contributed by atoms with Gasteiger partial charge in [-0.3, -0.25) is 9.59 Å². The molecular formula is C21H26BrNO4. The summed E-state index contributed by atoms with van der Waals surface area (Å²) in [6.07, 6.45) is 6.90. The number of benzene rings is 1. The number of nitrogens with one attached hydrogen (secondary N) is 1. The second kappa shape index (κ2) is 7.82. The number of carbonyl (C=O) groups is 2. The van der Waals surface area contributed by atoms with Crippen molar-refractivity contribution in [3.8, 4) is 5.75 Å². The topological polar surface area (TPSA) is 64.6 Å². The Labute approximate surface area is 168 Å². The van der Waals surface area contributed by atoms with Crippen molar-refractivity contribution in [2.24, 2.45) is 23.2 Å². The van der Waals surface area contributed by atoms with E-state index in [1.54, 1.807) is 0 Å². The minimum Gasteiger partial charge on any atom is -0.490 e. The first kappa shape index (κ1) is 18.8. The smallest absolute Gasteiger partial charge is 0.325 e. The van der Waals surface area contributed by atoms with Gasteiger partial charge in [-0.15, -0.1) is 0 Å². The van der Waals surface area contributed by atoms with Crippen LogP contribution in [-0.4, -0.2) is 31.6 Å². The summed E-state index contributed by atoms with van der Waals surface area (Å²) >= 11 is 3.37. The molecule has 1 aromatic carbocycles. The van der Waals surface area contributed by atoms with Crippen molar-refractivity contribution in [2.45, 2.75) is 38.5 Å². The normalized spacial score (nSPS) is 30.8. The number of amides is 1. The highest BCUT2D eigenvalue weighted by molar-refractivity contribution is 9.10. The summed E-state index contributed by atoms with van der Waals surface area (Å²) in [6, 6.07) is 7.47. The lowest BCUT2D eigenvalue weighted by molar-refractivity contribution is -0.151. The zero-order valence-electron chi connectivity index (χ0n) is 15.4. The van der Waals surface area contributed by atoms with Gasteiger partial charge in [-0.25, -0.2) is 0 Å². The highest BCUT2D eigenvalue weighted by Gasteiger charge is 2.54. The maximum Gasteiger partial charge on any atom is 0.325 e. The molecule has 4 aliphatic carbocycles. The summed E-state index contributed by atoms with van der Waals surface area (Å²) in [5, 5.41) is 2.84. The molecule has 0 spiro atoms. The molecule has 1 aromatic rings. The molecule has 5 nitrogen and oxygen atoms in total. The van der Waals surface area contributed by atoms with E-state index in [2.05, 4.69) is 21.2 Å². The summed E-state index contributed by atoms with van der Waals surface area (Å²) in [7, 11) is 0. The van der Waals surface area contributed by atoms with Gasteiger partial charge in [0.2, 0.25) is 5.91 Å². The molecule has 0 heterocycles. The fraction of sp³-hybridized carbons (Fsp3) is 0.619. The van der Waals surface area contributed by atoms with Crippen molar-refractivity contribution in [3.05, 3.63) is 28.7 Å². The Bertz CT molecular complexity index is 667. The molecular weight excluding hydrogens is 410 g/mol. The number of ether oxygens (including phenoxy) is 2. The molecule has 4 fully saturated rings. The van der Waals surface area contributed by atoms with Crippen LogP contribution in [0.15, 0.2) is 28.7 Å². The zero-order chi connectivity index (χ0) is 18.9. The summed E-state index contributed by atoms with van der Waals surface area (Å²) in [6.45, 7) is 0.400. The molecule has 6 heteroatoms. The van der Waals surface area contributed by atoms with E-state index >= 15 is 0 Å². The van der Waals surface area contributed by atoms with E-state index in [1.807, 2.05) is 24.3 Å². The molecule has 0 saturated heterocycles. The third kappa shape index (κ3) is 4.31. The minimum absolute atomic E-state index is 0.0567. The highest BCUT2D eigenvalue weighted by atomic mass is 79.9. The van der Waals surface area contributed by atoms with E-state index in [1.165, 1.54) is 19.3 Å². The Balaban J connectivity index is 1.17. The Hall–Kier alpha value is -1.56. The molecule has 0 radical (unpaired) electrons. The van der Waals surface area contributed by atoms with Crippen LogP contribution in [0.2, 0.25) is 0 Å². The summed E-state index contributed by atoms with van der Waals surface area (Å²) in [5.41, 5.74) is -0.222. The molecule has 0 aliphatic heterocycles. The summed E-state index contributed by atoms with van der Waals surface area (Å²) in [4.78, 5) is 24.7. The first-order valence-corrected chi connectivity index (χ1v) is 10.6. The van der Waals surface area contributed by atoms with Gasteiger partial charge in [-0.2, -0.15) is 0 Å². The summed E-state index contributed by atoms with van der Waals surface area (Å²) < 4.78 is 11.7. The second-order valence-corrected chi connectivity index (χ2v) is 9.32. The maximum atomic E-state index is 12.8. The SMILES string of the molecule is O=C(CNC(=O)C12CC3CC(CC(C3)C1)C2)OCCOc1ccc(Br)cc1. The largest absolute Gasteiger partial charge is 0.490 e. The van der Waals surface area contributed by atoms with E-state index in [4.69, 9.17) is 9.47 Å². The van der Waals surface area contributed by atoms with Crippen LogP contribution < -0.4 is 10.1 Å². The average Bonchev–Trinajstić information content (AvgIpc) is 2.63. The van der Waals surface area contributed by atoms with Crippen LogP contribution in [0.25, 0.3) is 0 Å². The fourth-order valence-electron chi connectivity index (χ4n) is 5.63. The van der Waals surface area contributed by atoms with Crippen LogP contribution >= 0.6 is 15.9 Å². The lowest BCUT2D eigenvalue weighted by Crippen LogP contribution is -2.54. The molecule has 1 N–H and O–H groups in total. The average molecular weight is 436 g/mol. The van der Waals surface area contributed by atoms with E-state index in [0.29, 0.717) is 17.8 Å². The van der Waals surface area contributed by atoms with E-state index < -0.39 is 5.97 Å². The Morgan fingerprint density at radius 1 is 1.00 bits per heavy atom. The van der Waals surface area contributed by atoms with Crippen LogP contribution in [0.5, 0.6) is 5.75 Å². The van der Waals surface area contributed by atoms with Crippen molar-refractivity contribution < 1.29 is 19.1 Å². The molecule has 4 saturated carbocycles. The van der Waals surface area contributed by atoms with E-state index in [0.717, 1.165) is 29.5 Å². The number of esters is 1. The van der Waals surface area contributed by atoms with Crippen LogP contribution in [0, 0.1) is 23.2 Å². The first-order valence-electron chi connectivity index (χ1n) is 9.85. The second-order valence-electron chi connectivity index (χ2n) is 8.40. The molecule has 0 unspecified atom stereocenters. The quantitative estimate of drug-likeness (QED) is 0.523. The van der Waals surface area contributed by atoms with Gasteiger partial charge < -0.3 is 14.8 Å². The van der Waals surface area contributed by atoms with Crippen molar-refractivity contribution in [2.75, 3.05) is 19.8 Å². The van der Waals surface area contributed by atoms with Crippen LogP contribution in [0.3, 0.4) is 0 Å². The van der Waals surface area contributed by atoms with Crippen LogP contribution in [0.1, 0.15) is 38.5 Å². The third-order valence-electron chi connectivity index (χ3n) is 6.34. The van der Waals surface area contributed by atoms with Crippen molar-refractivity contribution in [1.29, 1.82) is 0 Å². The van der Waals surface area contributed by atoms with E-state index in [-0.39, 0.29) is 31.1 Å². The predicted octanol–water partition coefficient (Wildman–Crippen LogP) is 3.70. The van der Waals surface area contributed by atoms with Gasteiger partial charge >= 0.3 is 5.97 Å². The molecule has 27 heavy (non-hydrogen) atoms. The van der Waals surface area contributed by atoms with Gasteiger partial charge in [0.05, 0.1) is 0 Å². The third-order valence-corrected chi connectivity index (χ3v) is 6.87. The van der Waals surface area contributed by atoms with Crippen molar-refractivity contribution in [1.82, 2.24) is 5.32 Å². The molecule has 0 aromatic heterocycles. The van der Waals surface area contributed by atoms with Gasteiger partial charge in [0, 0.05) is 9.89 Å². The standard InChI is InChI=1S/C21H26BrNO4/c22-17-1-3-18(4-2-17)26-5-6-27-19(24)13-23-20(25)21-10-14-7-15(11-21)9-16(8-14)12-21/h1-4,14-16H,5-13H2,(H,23,25). The van der Waals surface area contributed by atoms with Gasteiger partial charge in [0.15, 0.2) is 0 Å². The Morgan fingerprint density at radius 3 is 2.19 bits per heavy atom. The summed E-state index contributed by atoms with van der Waals surface area (Å²) in [5.74, 6) is 2.51. The van der Waals surface area contributed by atoms with Crippen molar-refractivity contribution >= 4 is 27.8 Å². The van der Waals surface area contributed by atoms with Gasteiger partial charge in [0.25, 0.3) is 0 Å². The van der Waals surface area contributed by atoms with Gasteiger partial charge in [-0.1, -0.05) is 15.9 Å². The maximum absolute atomic E-state index is 12.8. The lowest BCUT2D eigenvalue weighted by Gasteiger charge is -2.55. The molecule has 5 rings (SSSR count). The zero-order valence-corrected chi connectivity index (χ0v) is 17.0. The number of hydrogen-bond acceptors (Lipinski definition) is 4. The molecule has 4 aliphatic rings. The molecule has 1 amide bonds. The fourth-order valence-corrected chi connectivity index (χ4v) is 5.89. The molecule has 146 valence electrons. The van der Waals surface area contributed by atoms with Crippen LogP contribution in [0.4, 0.5) is 0 Å². The highest BCUT2D eigenvalue weighted by Crippen LogP contribution is 2.60. The lowest BCUT2D eigenvalue weighted by atomic mass is 9.49. The molecule has 4 bridgehead atoms. The first-order chi connectivity index (χ1) is 13.0. The number of hydrogen-bond donors (Lipinski definition) is 1. The Morgan fingerprint density at radius 2 is 1.59 bits per heavy atom. The number of rotatable bonds is 7. The monoisotopic (exact) mass is 435 g/mol. The number of halogens is 1. The van der Waals surface area contributed by atoms with E-state index in [9.17, 15) is 9.59 Å². The minimum atomic E-state index is -0.410.